The third-order valence-corrected chi connectivity index (χ3v) is 6.57. The normalized spacial score (nSPS) is 17.5. The number of nitrogens with zero attached hydrogens (tertiary/aromatic N) is 4. The van der Waals surface area contributed by atoms with Crippen LogP contribution in [0.3, 0.4) is 0 Å². The third-order valence-electron chi connectivity index (χ3n) is 5.19. The molecular weight excluding hydrogens is 374 g/mol. The van der Waals surface area contributed by atoms with Crippen LogP contribution in [0, 0.1) is 0 Å². The predicted molar refractivity (Wildman–Crippen MR) is 107 cm³/mol. The van der Waals surface area contributed by atoms with Crippen LogP contribution in [0.15, 0.2) is 66.0 Å². The van der Waals surface area contributed by atoms with Gasteiger partial charge in [0.2, 0.25) is 10.0 Å². The van der Waals surface area contributed by atoms with Gasteiger partial charge in [0.1, 0.15) is 4.90 Å². The van der Waals surface area contributed by atoms with E-state index in [2.05, 4.69) is 43.7 Å². The highest BCUT2D eigenvalue weighted by molar-refractivity contribution is 7.89. The number of benzene rings is 1. The van der Waals surface area contributed by atoms with Crippen molar-refractivity contribution in [1.82, 2.24) is 24.0 Å². The van der Waals surface area contributed by atoms with Gasteiger partial charge in [-0.3, -0.25) is 9.58 Å². The van der Waals surface area contributed by atoms with Crippen molar-refractivity contribution in [3.05, 3.63) is 72.3 Å². The van der Waals surface area contributed by atoms with Crippen LogP contribution in [-0.4, -0.2) is 40.3 Å². The lowest BCUT2D eigenvalue weighted by molar-refractivity contribution is 0.133. The van der Waals surface area contributed by atoms with Crippen molar-refractivity contribution in [3.63, 3.8) is 0 Å². The molecule has 1 N–H and O–H groups in total. The summed E-state index contributed by atoms with van der Waals surface area (Å²) in [6.45, 7) is 5.25. The van der Waals surface area contributed by atoms with Gasteiger partial charge in [0.25, 0.3) is 0 Å². The standard InChI is InChI=1S/C20H25N5O2S/c1-2-25-16-20(12-21-25)28(26,27)22-11-19-15-23-10-6-9-18(23)14-24(19)13-17-7-4-3-5-8-17/h3-10,12,16,19,22H,2,11,13-15H2,1H3. The summed E-state index contributed by atoms with van der Waals surface area (Å²) >= 11 is 0. The van der Waals surface area contributed by atoms with Crippen molar-refractivity contribution in [2.45, 2.75) is 44.0 Å². The van der Waals surface area contributed by atoms with Gasteiger partial charge in [-0.2, -0.15) is 5.10 Å². The molecule has 8 heteroatoms. The quantitative estimate of drug-likeness (QED) is 0.660. The Labute approximate surface area is 165 Å². The average molecular weight is 400 g/mol. The molecule has 0 saturated heterocycles. The Bertz CT molecular complexity index is 1030. The van der Waals surface area contributed by atoms with Gasteiger partial charge >= 0.3 is 0 Å². The van der Waals surface area contributed by atoms with Crippen molar-refractivity contribution in [1.29, 1.82) is 0 Å². The number of fused-ring (bicyclic) bond motifs is 1. The molecule has 148 valence electrons. The fourth-order valence-corrected chi connectivity index (χ4v) is 4.62. The molecule has 0 fully saturated rings. The average Bonchev–Trinajstić information content (AvgIpc) is 3.36. The van der Waals surface area contributed by atoms with Crippen molar-refractivity contribution in [3.8, 4) is 0 Å². The molecule has 3 aromatic rings. The molecule has 1 aliphatic heterocycles. The summed E-state index contributed by atoms with van der Waals surface area (Å²) < 4.78 is 32.0. The maximum atomic E-state index is 12.7. The van der Waals surface area contributed by atoms with Gasteiger partial charge in [-0.15, -0.1) is 0 Å². The molecule has 2 aromatic heterocycles. The van der Waals surface area contributed by atoms with Crippen molar-refractivity contribution in [2.24, 2.45) is 0 Å². The van der Waals surface area contributed by atoms with Crippen molar-refractivity contribution >= 4 is 10.0 Å². The summed E-state index contributed by atoms with van der Waals surface area (Å²) in [4.78, 5) is 2.55. The van der Waals surface area contributed by atoms with E-state index in [1.807, 2.05) is 31.2 Å². The number of hydrogen-bond acceptors (Lipinski definition) is 4. The van der Waals surface area contributed by atoms with E-state index >= 15 is 0 Å². The highest BCUT2D eigenvalue weighted by atomic mass is 32.2. The first-order chi connectivity index (χ1) is 13.5. The molecule has 1 atom stereocenters. The van der Waals surface area contributed by atoms with Crippen LogP contribution in [0.1, 0.15) is 18.2 Å². The highest BCUT2D eigenvalue weighted by Crippen LogP contribution is 2.21. The number of sulfonamides is 1. The molecule has 4 rings (SSSR count). The van der Waals surface area contributed by atoms with E-state index in [1.165, 1.54) is 17.5 Å². The molecule has 0 radical (unpaired) electrons. The molecule has 7 nitrogen and oxygen atoms in total. The second-order valence-corrected chi connectivity index (χ2v) is 8.85. The Balaban J connectivity index is 1.50. The molecule has 28 heavy (non-hydrogen) atoms. The zero-order valence-electron chi connectivity index (χ0n) is 15.9. The number of aromatic nitrogens is 3. The van der Waals surface area contributed by atoms with Gasteiger partial charge in [-0.1, -0.05) is 30.3 Å². The highest BCUT2D eigenvalue weighted by Gasteiger charge is 2.27. The fourth-order valence-electron chi connectivity index (χ4n) is 3.59. The van der Waals surface area contributed by atoms with E-state index in [0.29, 0.717) is 13.1 Å². The molecule has 1 aromatic carbocycles. The summed E-state index contributed by atoms with van der Waals surface area (Å²) in [5.74, 6) is 0. The molecule has 0 amide bonds. The Morgan fingerprint density at radius 3 is 2.75 bits per heavy atom. The minimum absolute atomic E-state index is 0.0658. The van der Waals surface area contributed by atoms with E-state index in [0.717, 1.165) is 19.6 Å². The van der Waals surface area contributed by atoms with E-state index in [1.54, 1.807) is 10.9 Å². The number of nitrogens with one attached hydrogen (secondary N) is 1. The maximum Gasteiger partial charge on any atom is 0.243 e. The van der Waals surface area contributed by atoms with E-state index in [9.17, 15) is 8.42 Å². The lowest BCUT2D eigenvalue weighted by atomic mass is 10.1. The Hall–Kier alpha value is -2.42. The van der Waals surface area contributed by atoms with Gasteiger partial charge in [0.05, 0.1) is 6.20 Å². The Morgan fingerprint density at radius 2 is 2.00 bits per heavy atom. The van der Waals surface area contributed by atoms with E-state index in [-0.39, 0.29) is 10.9 Å². The molecule has 0 spiro atoms. The molecule has 1 unspecified atom stereocenters. The van der Waals surface area contributed by atoms with Gasteiger partial charge in [0.15, 0.2) is 0 Å². The van der Waals surface area contributed by atoms with Crippen LogP contribution < -0.4 is 4.72 Å². The summed E-state index contributed by atoms with van der Waals surface area (Å²) in [5, 5.41) is 4.07. The maximum absolute atomic E-state index is 12.7. The van der Waals surface area contributed by atoms with Crippen LogP contribution in [-0.2, 0) is 36.2 Å². The number of rotatable bonds is 7. The lowest BCUT2D eigenvalue weighted by Gasteiger charge is -2.37. The summed E-state index contributed by atoms with van der Waals surface area (Å²) in [6, 6.07) is 14.5. The minimum atomic E-state index is -3.58. The fraction of sp³-hybridized carbons (Fsp3) is 0.350. The second-order valence-electron chi connectivity index (χ2n) is 7.08. The molecule has 0 bridgehead atoms. The third kappa shape index (κ3) is 4.04. The van der Waals surface area contributed by atoms with Crippen molar-refractivity contribution < 1.29 is 8.42 Å². The Morgan fingerprint density at radius 1 is 1.18 bits per heavy atom. The Kier molecular flexibility index (Phi) is 5.34. The summed E-state index contributed by atoms with van der Waals surface area (Å²) in [7, 11) is -3.58. The summed E-state index contributed by atoms with van der Waals surface area (Å²) in [6.07, 6.45) is 5.02. The SMILES string of the molecule is CCn1cc(S(=O)(=O)NCC2Cn3cccc3CN2Cc2ccccc2)cn1. The van der Waals surface area contributed by atoms with Gasteiger partial charge in [0, 0.05) is 56.9 Å². The zero-order chi connectivity index (χ0) is 19.6. The minimum Gasteiger partial charge on any atom is -0.349 e. The second kappa shape index (κ2) is 7.90. The first kappa shape index (κ1) is 18.9. The molecule has 0 saturated carbocycles. The largest absolute Gasteiger partial charge is 0.349 e. The van der Waals surface area contributed by atoms with Crippen molar-refractivity contribution in [2.75, 3.05) is 6.54 Å². The van der Waals surface area contributed by atoms with Crippen LogP contribution in [0.4, 0.5) is 0 Å². The van der Waals surface area contributed by atoms with Gasteiger partial charge in [-0.25, -0.2) is 13.1 Å². The van der Waals surface area contributed by atoms with Gasteiger partial charge in [-0.05, 0) is 24.6 Å². The first-order valence-electron chi connectivity index (χ1n) is 9.49. The number of aryl methyl sites for hydroxylation is 1. The lowest BCUT2D eigenvalue weighted by Crippen LogP contribution is -2.48. The van der Waals surface area contributed by atoms with E-state index < -0.39 is 10.0 Å². The molecule has 1 aliphatic rings. The zero-order valence-corrected chi connectivity index (χ0v) is 16.7. The molecule has 0 aliphatic carbocycles. The van der Waals surface area contributed by atoms with Crippen LogP contribution >= 0.6 is 0 Å². The van der Waals surface area contributed by atoms with Gasteiger partial charge < -0.3 is 4.57 Å². The smallest absolute Gasteiger partial charge is 0.243 e. The van der Waals surface area contributed by atoms with Crippen LogP contribution in [0.5, 0.6) is 0 Å². The summed E-state index contributed by atoms with van der Waals surface area (Å²) in [5.41, 5.74) is 2.47. The van der Waals surface area contributed by atoms with Crippen LogP contribution in [0.2, 0.25) is 0 Å². The first-order valence-corrected chi connectivity index (χ1v) is 11.0. The van der Waals surface area contributed by atoms with E-state index in [4.69, 9.17) is 0 Å². The molecular formula is C20H25N5O2S. The molecule has 3 heterocycles. The predicted octanol–water partition coefficient (Wildman–Crippen LogP) is 2.07. The topological polar surface area (TPSA) is 72.2 Å². The van der Waals surface area contributed by atoms with Crippen LogP contribution in [0.25, 0.3) is 0 Å². The monoisotopic (exact) mass is 399 g/mol. The number of hydrogen-bond donors (Lipinski definition) is 1.